The molecule has 1 heterocycles. The summed E-state index contributed by atoms with van der Waals surface area (Å²) in [4.78, 5) is 22.5. The Morgan fingerprint density at radius 3 is 2.62 bits per heavy atom. The Labute approximate surface area is 148 Å². The highest BCUT2D eigenvalue weighted by atomic mass is 32.2. The number of nitro groups is 1. The maximum Gasteiger partial charge on any atom is 0.270 e. The maximum absolute atomic E-state index is 12.2. The number of benzene rings is 2. The van der Waals surface area contributed by atoms with Crippen molar-refractivity contribution in [3.63, 3.8) is 0 Å². The van der Waals surface area contributed by atoms with Gasteiger partial charge in [-0.3, -0.25) is 14.9 Å². The van der Waals surface area contributed by atoms with E-state index >= 15 is 0 Å². The summed E-state index contributed by atoms with van der Waals surface area (Å²) >= 11 is 0. The maximum atomic E-state index is 12.2. The van der Waals surface area contributed by atoms with Crippen LogP contribution in [0.15, 0.2) is 41.3 Å². The summed E-state index contributed by atoms with van der Waals surface area (Å²) in [7, 11) is -2.45. The van der Waals surface area contributed by atoms with Gasteiger partial charge in [0.15, 0.2) is 0 Å². The molecule has 10 heteroatoms. The highest BCUT2D eigenvalue weighted by Crippen LogP contribution is 2.36. The fourth-order valence-electron chi connectivity index (χ4n) is 2.52. The third-order valence-electron chi connectivity index (χ3n) is 3.87. The number of nitrogens with one attached hydrogen (secondary N) is 2. The van der Waals surface area contributed by atoms with E-state index in [1.165, 1.54) is 31.3 Å². The van der Waals surface area contributed by atoms with Crippen LogP contribution in [-0.2, 0) is 14.8 Å². The third-order valence-corrected chi connectivity index (χ3v) is 5.29. The van der Waals surface area contributed by atoms with Gasteiger partial charge in [-0.2, -0.15) is 0 Å². The number of carbonyl (C=O) groups is 1. The third kappa shape index (κ3) is 3.03. The van der Waals surface area contributed by atoms with Gasteiger partial charge in [0.1, 0.15) is 5.75 Å². The van der Waals surface area contributed by atoms with E-state index in [0.717, 1.165) is 18.2 Å². The van der Waals surface area contributed by atoms with Crippen molar-refractivity contribution in [1.82, 2.24) is 4.72 Å². The number of aromatic hydroxyl groups is 1. The van der Waals surface area contributed by atoms with E-state index in [1.54, 1.807) is 0 Å². The minimum absolute atomic E-state index is 0.0376. The lowest BCUT2D eigenvalue weighted by Gasteiger charge is -2.05. The Morgan fingerprint density at radius 2 is 1.96 bits per heavy atom. The van der Waals surface area contributed by atoms with Crippen LogP contribution in [0.1, 0.15) is 11.1 Å². The number of phenolic OH excluding ortho intramolecular Hbond substituents is 1. The van der Waals surface area contributed by atoms with Gasteiger partial charge in [-0.05, 0) is 37.4 Å². The number of hydrogen-bond acceptors (Lipinski definition) is 6. The molecule has 0 saturated heterocycles. The molecule has 0 aliphatic carbocycles. The van der Waals surface area contributed by atoms with E-state index in [-0.39, 0.29) is 27.5 Å². The monoisotopic (exact) mass is 375 g/mol. The van der Waals surface area contributed by atoms with Crippen LogP contribution in [-0.4, -0.2) is 31.4 Å². The summed E-state index contributed by atoms with van der Waals surface area (Å²) in [6.45, 7) is 0. The first-order valence-corrected chi connectivity index (χ1v) is 8.79. The van der Waals surface area contributed by atoms with Crippen molar-refractivity contribution in [2.75, 3.05) is 12.4 Å². The highest BCUT2D eigenvalue weighted by Gasteiger charge is 2.27. The number of amides is 1. The van der Waals surface area contributed by atoms with E-state index in [1.807, 2.05) is 0 Å². The molecule has 1 aliphatic rings. The lowest BCUT2D eigenvalue weighted by molar-refractivity contribution is -0.384. The van der Waals surface area contributed by atoms with Crippen LogP contribution in [0.3, 0.4) is 0 Å². The summed E-state index contributed by atoms with van der Waals surface area (Å²) in [5.41, 5.74) is 0.626. The molecule has 3 N–H and O–H groups in total. The van der Waals surface area contributed by atoms with Gasteiger partial charge in [-0.25, -0.2) is 13.1 Å². The summed E-state index contributed by atoms with van der Waals surface area (Å²) in [5.74, 6) is -0.756. The van der Waals surface area contributed by atoms with Gasteiger partial charge in [0.05, 0.1) is 9.82 Å². The predicted molar refractivity (Wildman–Crippen MR) is 93.9 cm³/mol. The summed E-state index contributed by atoms with van der Waals surface area (Å²) < 4.78 is 26.1. The first kappa shape index (κ1) is 17.6. The Hall–Kier alpha value is -3.24. The number of carbonyl (C=O) groups excluding carboxylic acids is 1. The molecule has 0 radical (unpaired) electrons. The number of nitrogens with zero attached hydrogens (tertiary/aromatic N) is 1. The zero-order chi connectivity index (χ0) is 19.1. The molecule has 1 aliphatic heterocycles. The molecule has 2 aromatic rings. The molecule has 9 nitrogen and oxygen atoms in total. The number of phenols is 1. The molecule has 0 atom stereocenters. The zero-order valence-electron chi connectivity index (χ0n) is 13.4. The molecule has 0 unspecified atom stereocenters. The fraction of sp³-hybridized carbons (Fsp3) is 0.0625. The number of fused-ring (bicyclic) bond motifs is 1. The Bertz CT molecular complexity index is 1080. The lowest BCUT2D eigenvalue weighted by Crippen LogP contribution is -2.18. The molecule has 0 saturated carbocycles. The highest BCUT2D eigenvalue weighted by molar-refractivity contribution is 7.89. The molecule has 3 rings (SSSR count). The van der Waals surface area contributed by atoms with Crippen molar-refractivity contribution >= 4 is 39.0 Å². The molecular formula is C16H13N3O6S. The van der Waals surface area contributed by atoms with Gasteiger partial charge in [0.25, 0.3) is 11.6 Å². The molecule has 2 aromatic carbocycles. The first-order valence-electron chi connectivity index (χ1n) is 7.31. The largest absolute Gasteiger partial charge is 0.507 e. The number of non-ortho nitro benzene ring substituents is 1. The predicted octanol–water partition coefficient (Wildman–Crippen LogP) is 1.70. The van der Waals surface area contributed by atoms with Crippen molar-refractivity contribution in [3.05, 3.63) is 57.6 Å². The van der Waals surface area contributed by atoms with Gasteiger partial charge in [0, 0.05) is 34.5 Å². The topological polar surface area (TPSA) is 139 Å². The van der Waals surface area contributed by atoms with Crippen LogP contribution in [0, 0.1) is 10.1 Å². The average molecular weight is 375 g/mol. The number of sulfonamides is 1. The average Bonchev–Trinajstić information content (AvgIpc) is 2.91. The fourth-order valence-corrected chi connectivity index (χ4v) is 3.28. The van der Waals surface area contributed by atoms with E-state index in [4.69, 9.17) is 0 Å². The van der Waals surface area contributed by atoms with Crippen LogP contribution in [0.4, 0.5) is 11.4 Å². The van der Waals surface area contributed by atoms with Gasteiger partial charge < -0.3 is 10.4 Å². The lowest BCUT2D eigenvalue weighted by atomic mass is 10.0. The molecule has 26 heavy (non-hydrogen) atoms. The van der Waals surface area contributed by atoms with Crippen molar-refractivity contribution in [2.45, 2.75) is 4.90 Å². The molecule has 0 aromatic heterocycles. The smallest absolute Gasteiger partial charge is 0.270 e. The summed E-state index contributed by atoms with van der Waals surface area (Å²) in [5, 5.41) is 23.4. The second-order valence-corrected chi connectivity index (χ2v) is 7.31. The Kier molecular flexibility index (Phi) is 4.22. The number of rotatable bonds is 4. The Balaban J connectivity index is 2.16. The quantitative estimate of drug-likeness (QED) is 0.422. The van der Waals surface area contributed by atoms with Gasteiger partial charge >= 0.3 is 0 Å². The number of hydrogen-bond donors (Lipinski definition) is 3. The van der Waals surface area contributed by atoms with Crippen molar-refractivity contribution in [2.24, 2.45) is 0 Å². The molecular weight excluding hydrogens is 362 g/mol. The van der Waals surface area contributed by atoms with E-state index in [0.29, 0.717) is 11.3 Å². The SMILES string of the molecule is CNS(=O)(=O)c1ccc2c(c1)C(=Cc1cc([N+](=O)[O-])ccc1O)C(=O)N2. The zero-order valence-corrected chi connectivity index (χ0v) is 14.2. The standard InChI is InChI=1S/C16H13N3O6S/c1-17-26(24,25)11-3-4-14-12(8-11)13(16(21)18-14)7-9-6-10(19(22)23)2-5-15(9)20/h2-8,17,20H,1H3,(H,18,21). The van der Waals surface area contributed by atoms with Crippen LogP contribution >= 0.6 is 0 Å². The summed E-state index contributed by atoms with van der Waals surface area (Å²) in [6, 6.07) is 7.53. The number of nitro benzene ring substituents is 1. The minimum atomic E-state index is -3.71. The van der Waals surface area contributed by atoms with Crippen LogP contribution in [0.5, 0.6) is 5.75 Å². The molecule has 0 spiro atoms. The molecule has 1 amide bonds. The molecule has 134 valence electrons. The van der Waals surface area contributed by atoms with E-state index in [9.17, 15) is 28.4 Å². The van der Waals surface area contributed by atoms with Gasteiger partial charge in [-0.1, -0.05) is 0 Å². The van der Waals surface area contributed by atoms with Crippen LogP contribution in [0.2, 0.25) is 0 Å². The van der Waals surface area contributed by atoms with E-state index in [2.05, 4.69) is 10.0 Å². The second-order valence-electron chi connectivity index (χ2n) is 5.43. The van der Waals surface area contributed by atoms with Crippen molar-refractivity contribution < 1.29 is 23.2 Å². The molecule has 0 fully saturated rings. The van der Waals surface area contributed by atoms with Crippen LogP contribution < -0.4 is 10.0 Å². The summed E-state index contributed by atoms with van der Waals surface area (Å²) in [6.07, 6.45) is 1.28. The molecule has 0 bridgehead atoms. The Morgan fingerprint density at radius 1 is 1.23 bits per heavy atom. The minimum Gasteiger partial charge on any atom is -0.507 e. The number of anilines is 1. The first-order chi connectivity index (χ1) is 12.2. The van der Waals surface area contributed by atoms with Crippen molar-refractivity contribution in [1.29, 1.82) is 0 Å². The second kappa shape index (κ2) is 6.24. The van der Waals surface area contributed by atoms with Crippen LogP contribution in [0.25, 0.3) is 11.6 Å². The van der Waals surface area contributed by atoms with Gasteiger partial charge in [0.2, 0.25) is 10.0 Å². The normalized spacial score (nSPS) is 15.0. The van der Waals surface area contributed by atoms with Crippen molar-refractivity contribution in [3.8, 4) is 5.75 Å². The van der Waals surface area contributed by atoms with E-state index < -0.39 is 20.9 Å². The van der Waals surface area contributed by atoms with Gasteiger partial charge in [-0.15, -0.1) is 0 Å².